The number of carbonyl (C=O) groups is 2. The maximum atomic E-state index is 11.0. The van der Waals surface area contributed by atoms with Gasteiger partial charge in [-0.2, -0.15) is 0 Å². The van der Waals surface area contributed by atoms with Gasteiger partial charge in [-0.25, -0.2) is 4.79 Å². The van der Waals surface area contributed by atoms with Crippen molar-refractivity contribution in [3.8, 4) is 0 Å². The van der Waals surface area contributed by atoms with Crippen LogP contribution in [0.5, 0.6) is 0 Å². The van der Waals surface area contributed by atoms with E-state index in [2.05, 4.69) is 4.74 Å². The van der Waals surface area contributed by atoms with Crippen molar-refractivity contribution in [1.82, 2.24) is 4.90 Å². The highest BCUT2D eigenvalue weighted by atomic mass is 16.5. The van der Waals surface area contributed by atoms with Gasteiger partial charge < -0.3 is 14.4 Å². The Morgan fingerprint density at radius 2 is 1.83 bits per heavy atom. The van der Waals surface area contributed by atoms with E-state index >= 15 is 0 Å². The molecule has 0 saturated carbocycles. The first-order chi connectivity index (χ1) is 7.85. The van der Waals surface area contributed by atoms with Crippen LogP contribution in [0.1, 0.15) is 41.0 Å². The number of carbonyl (C=O) groups excluding carboxylic acids is 2. The fourth-order valence-electron chi connectivity index (χ4n) is 1.30. The lowest BCUT2D eigenvalue weighted by molar-refractivity contribution is -0.148. The van der Waals surface area contributed by atoms with Crippen LogP contribution in [0.15, 0.2) is 0 Å². The summed E-state index contributed by atoms with van der Waals surface area (Å²) in [5.41, 5.74) is 0.0417. The van der Waals surface area contributed by atoms with Gasteiger partial charge in [-0.3, -0.25) is 4.79 Å². The Kier molecular flexibility index (Phi) is 9.53. The summed E-state index contributed by atoms with van der Waals surface area (Å²) >= 11 is 0. The molecule has 5 heteroatoms. The summed E-state index contributed by atoms with van der Waals surface area (Å²) < 4.78 is 9.46. The predicted octanol–water partition coefficient (Wildman–Crippen LogP) is 1.85. The van der Waals surface area contributed by atoms with Gasteiger partial charge in [-0.05, 0) is 33.6 Å². The second-order valence-corrected chi connectivity index (χ2v) is 4.84. The third-order valence-electron chi connectivity index (χ3n) is 2.52. The van der Waals surface area contributed by atoms with E-state index < -0.39 is 0 Å². The Hall–Kier alpha value is -1.10. The van der Waals surface area contributed by atoms with E-state index in [1.54, 1.807) is 7.11 Å². The van der Waals surface area contributed by atoms with Gasteiger partial charge in [0.25, 0.3) is 0 Å². The Bertz CT molecular complexity index is 248. The number of ether oxygens (including phenoxy) is 2. The average Bonchev–Trinajstić information content (AvgIpc) is 2.76. The lowest BCUT2D eigenvalue weighted by atomic mass is 10.2. The molecule has 0 aliphatic carbocycles. The van der Waals surface area contributed by atoms with Gasteiger partial charge in [0.1, 0.15) is 6.04 Å². The summed E-state index contributed by atoms with van der Waals surface area (Å²) in [6.45, 7) is 6.73. The third kappa shape index (κ3) is 7.27. The minimum Gasteiger partial charge on any atom is -0.467 e. The zero-order chi connectivity index (χ0) is 13.5. The zero-order valence-electron chi connectivity index (χ0n) is 11.4. The van der Waals surface area contributed by atoms with Crippen molar-refractivity contribution in [3.05, 3.63) is 0 Å². The third-order valence-corrected chi connectivity index (χ3v) is 2.52. The molecule has 1 aliphatic rings. The van der Waals surface area contributed by atoms with Crippen LogP contribution < -0.4 is 0 Å². The Morgan fingerprint density at radius 1 is 1.33 bits per heavy atom. The summed E-state index contributed by atoms with van der Waals surface area (Å²) in [5.74, 6) is -0.311. The number of rotatable bonds is 2. The van der Waals surface area contributed by atoms with Crippen LogP contribution in [-0.2, 0) is 19.1 Å². The zero-order valence-corrected chi connectivity index (χ0v) is 11.4. The largest absolute Gasteiger partial charge is 0.467 e. The number of hydrogen-bond acceptors (Lipinski definition) is 4. The minimum absolute atomic E-state index is 0. The number of nitrogens with zero attached hydrogens (tertiary/aromatic N) is 1. The Labute approximate surface area is 110 Å². The molecule has 0 N–H and O–H groups in total. The highest BCUT2D eigenvalue weighted by Crippen LogP contribution is 2.15. The molecule has 1 unspecified atom stereocenters. The molecule has 1 saturated heterocycles. The maximum Gasteiger partial charge on any atom is 0.328 e. The predicted molar refractivity (Wildman–Crippen MR) is 71.3 cm³/mol. The molecule has 1 fully saturated rings. The monoisotopic (exact) mass is 261 g/mol. The van der Waals surface area contributed by atoms with Crippen LogP contribution in [0.25, 0.3) is 0 Å². The summed E-state index contributed by atoms with van der Waals surface area (Å²) in [5, 5.41) is 0. The normalized spacial score (nSPS) is 18.3. The molecular formula is C13H27NO4. The fourth-order valence-corrected chi connectivity index (χ4v) is 1.30. The number of likely N-dealkylation sites (tertiary alicyclic amines) is 1. The summed E-state index contributed by atoms with van der Waals surface area (Å²) in [7, 11) is 3.05. The topological polar surface area (TPSA) is 55.8 Å². The molecule has 1 aliphatic heterocycles. The lowest BCUT2D eigenvalue weighted by Crippen LogP contribution is -2.35. The van der Waals surface area contributed by atoms with Gasteiger partial charge >= 0.3 is 5.97 Å². The van der Waals surface area contributed by atoms with Crippen molar-refractivity contribution in [1.29, 1.82) is 0 Å². The van der Waals surface area contributed by atoms with E-state index in [4.69, 9.17) is 4.74 Å². The summed E-state index contributed by atoms with van der Waals surface area (Å²) in [6.07, 6.45) is 2.32. The molecule has 108 valence electrons. The van der Waals surface area contributed by atoms with Crippen LogP contribution in [0.4, 0.5) is 0 Å². The minimum atomic E-state index is -0.336. The van der Waals surface area contributed by atoms with Gasteiger partial charge in [0, 0.05) is 13.7 Å². The molecule has 1 rings (SSSR count). The molecule has 1 atom stereocenters. The summed E-state index contributed by atoms with van der Waals surface area (Å²) in [6, 6.07) is -0.336. The van der Waals surface area contributed by atoms with Crippen LogP contribution in [0, 0.1) is 0 Å². The van der Waals surface area contributed by atoms with Crippen molar-refractivity contribution in [2.75, 3.05) is 20.8 Å². The molecule has 0 radical (unpaired) electrons. The van der Waals surface area contributed by atoms with Crippen molar-refractivity contribution < 1.29 is 19.1 Å². The van der Waals surface area contributed by atoms with Crippen LogP contribution >= 0.6 is 0 Å². The van der Waals surface area contributed by atoms with E-state index in [-0.39, 0.29) is 25.0 Å². The number of amides is 1. The smallest absolute Gasteiger partial charge is 0.328 e. The molecule has 0 aromatic heterocycles. The summed E-state index contributed by atoms with van der Waals surface area (Å²) in [4.78, 5) is 22.8. The first kappa shape index (κ1) is 19.2. The van der Waals surface area contributed by atoms with Gasteiger partial charge in [-0.1, -0.05) is 7.43 Å². The van der Waals surface area contributed by atoms with E-state index in [9.17, 15) is 9.59 Å². The Morgan fingerprint density at radius 3 is 2.17 bits per heavy atom. The van der Waals surface area contributed by atoms with Crippen molar-refractivity contribution in [2.24, 2.45) is 0 Å². The van der Waals surface area contributed by atoms with Crippen LogP contribution in [-0.4, -0.2) is 49.7 Å². The molecule has 18 heavy (non-hydrogen) atoms. The Balaban J connectivity index is 0. The molecular weight excluding hydrogens is 234 g/mol. The van der Waals surface area contributed by atoms with Gasteiger partial charge in [-0.15, -0.1) is 0 Å². The molecule has 5 nitrogen and oxygen atoms in total. The highest BCUT2D eigenvalue weighted by Gasteiger charge is 2.29. The highest BCUT2D eigenvalue weighted by molar-refractivity contribution is 5.78. The van der Waals surface area contributed by atoms with Gasteiger partial charge in [0.15, 0.2) is 0 Å². The van der Waals surface area contributed by atoms with E-state index in [0.717, 1.165) is 12.8 Å². The second-order valence-electron chi connectivity index (χ2n) is 4.84. The second kappa shape index (κ2) is 8.91. The molecule has 1 amide bonds. The lowest BCUT2D eigenvalue weighted by Gasteiger charge is -2.16. The first-order valence-electron chi connectivity index (χ1n) is 5.69. The molecule has 0 spiro atoms. The molecule has 1 heterocycles. The number of methoxy groups -OCH3 is 2. The first-order valence-corrected chi connectivity index (χ1v) is 5.69. The van der Waals surface area contributed by atoms with Crippen molar-refractivity contribution in [3.63, 3.8) is 0 Å². The van der Waals surface area contributed by atoms with Crippen molar-refractivity contribution in [2.45, 2.75) is 52.7 Å². The molecule has 0 aromatic carbocycles. The van der Waals surface area contributed by atoms with Gasteiger partial charge in [0.2, 0.25) is 6.41 Å². The van der Waals surface area contributed by atoms with E-state index in [1.807, 2.05) is 20.8 Å². The van der Waals surface area contributed by atoms with E-state index in [0.29, 0.717) is 13.0 Å². The van der Waals surface area contributed by atoms with Crippen LogP contribution in [0.3, 0.4) is 0 Å². The number of hydrogen-bond donors (Lipinski definition) is 0. The average molecular weight is 261 g/mol. The number of esters is 1. The molecule has 0 aromatic rings. The fraction of sp³-hybridized carbons (Fsp3) is 0.846. The maximum absolute atomic E-state index is 11.0. The van der Waals surface area contributed by atoms with E-state index in [1.165, 1.54) is 12.0 Å². The SMILES string of the molecule is C.COC(=O)C1CCCN1C=O.COC(C)(C)C. The molecule has 0 bridgehead atoms. The van der Waals surface area contributed by atoms with Gasteiger partial charge in [0.05, 0.1) is 12.7 Å². The van der Waals surface area contributed by atoms with Crippen molar-refractivity contribution >= 4 is 12.4 Å². The van der Waals surface area contributed by atoms with Crippen LogP contribution in [0.2, 0.25) is 0 Å². The quantitative estimate of drug-likeness (QED) is 0.562. The standard InChI is InChI=1S/C7H11NO3.C5H12O.CH4/c1-11-7(10)6-3-2-4-8(6)5-9;1-5(2,3)6-4;/h5-6H,2-4H2,1H3;1-4H3;1H4.